The van der Waals surface area contributed by atoms with Gasteiger partial charge in [-0.1, -0.05) is 36.4 Å². The predicted molar refractivity (Wildman–Crippen MR) is 94.9 cm³/mol. The summed E-state index contributed by atoms with van der Waals surface area (Å²) in [7, 11) is -6.78. The summed E-state index contributed by atoms with van der Waals surface area (Å²) in [4.78, 5) is 0.209. The number of nitrogens with one attached hydrogen (secondary N) is 1. The first-order valence-electron chi connectivity index (χ1n) is 7.43. The summed E-state index contributed by atoms with van der Waals surface area (Å²) in [5.41, 5.74) is 2.38. The van der Waals surface area contributed by atoms with E-state index in [1.54, 1.807) is 25.1 Å². The molecule has 0 aliphatic heterocycles. The van der Waals surface area contributed by atoms with Gasteiger partial charge in [0, 0.05) is 12.3 Å². The molecule has 0 spiro atoms. The van der Waals surface area contributed by atoms with Crippen LogP contribution in [0.15, 0.2) is 53.4 Å². The van der Waals surface area contributed by atoms with Gasteiger partial charge in [0.15, 0.2) is 9.84 Å². The lowest BCUT2D eigenvalue weighted by Crippen LogP contribution is -2.28. The van der Waals surface area contributed by atoms with Gasteiger partial charge in [0.05, 0.1) is 10.6 Å². The van der Waals surface area contributed by atoms with Crippen molar-refractivity contribution in [1.82, 2.24) is 4.72 Å². The van der Waals surface area contributed by atoms with Crippen molar-refractivity contribution in [3.05, 3.63) is 65.2 Å². The van der Waals surface area contributed by atoms with Gasteiger partial charge in [0.25, 0.3) is 0 Å². The number of benzene rings is 2. The molecule has 2 aromatic rings. The first kappa shape index (κ1) is 18.6. The highest BCUT2D eigenvalue weighted by Crippen LogP contribution is 2.18. The quantitative estimate of drug-likeness (QED) is 0.851. The zero-order valence-electron chi connectivity index (χ0n) is 13.9. The number of hydrogen-bond donors (Lipinski definition) is 1. The molecule has 0 bridgehead atoms. The molecule has 0 amide bonds. The molecule has 0 heterocycles. The fraction of sp³-hybridized carbons (Fsp3) is 0.294. The second-order valence-electron chi connectivity index (χ2n) is 5.87. The highest BCUT2D eigenvalue weighted by molar-refractivity contribution is 7.90. The minimum absolute atomic E-state index is 0.0918. The van der Waals surface area contributed by atoms with Crippen molar-refractivity contribution in [3.8, 4) is 0 Å². The molecule has 0 aliphatic rings. The van der Waals surface area contributed by atoms with Crippen LogP contribution in [0.3, 0.4) is 0 Å². The molecule has 5 nitrogen and oxygen atoms in total. The molecule has 0 unspecified atom stereocenters. The van der Waals surface area contributed by atoms with Crippen LogP contribution in [0, 0.1) is 6.92 Å². The van der Waals surface area contributed by atoms with Crippen LogP contribution >= 0.6 is 0 Å². The van der Waals surface area contributed by atoms with Crippen LogP contribution in [0.1, 0.15) is 29.7 Å². The molecule has 0 saturated heterocycles. The van der Waals surface area contributed by atoms with E-state index in [-0.39, 0.29) is 10.6 Å². The molecule has 7 heteroatoms. The number of rotatable bonds is 6. The van der Waals surface area contributed by atoms with Gasteiger partial charge in [-0.15, -0.1) is 0 Å². The van der Waals surface area contributed by atoms with Gasteiger partial charge in [-0.3, -0.25) is 0 Å². The van der Waals surface area contributed by atoms with Gasteiger partial charge in [-0.2, -0.15) is 0 Å². The Morgan fingerprint density at radius 3 is 2.08 bits per heavy atom. The predicted octanol–water partition coefficient (Wildman–Crippen LogP) is 2.58. The Kier molecular flexibility index (Phi) is 5.47. The molecule has 0 aromatic heterocycles. The fourth-order valence-electron chi connectivity index (χ4n) is 2.36. The van der Waals surface area contributed by atoms with Gasteiger partial charge in [0.1, 0.15) is 0 Å². The second-order valence-corrected chi connectivity index (χ2v) is 9.64. The maximum atomic E-state index is 12.4. The third kappa shape index (κ3) is 4.90. The maximum absolute atomic E-state index is 12.4. The summed E-state index contributed by atoms with van der Waals surface area (Å²) >= 11 is 0. The highest BCUT2D eigenvalue weighted by atomic mass is 32.2. The molecule has 0 radical (unpaired) electrons. The van der Waals surface area contributed by atoms with Crippen LogP contribution < -0.4 is 4.72 Å². The normalized spacial score (nSPS) is 13.6. The van der Waals surface area contributed by atoms with Crippen LogP contribution in [0.2, 0.25) is 0 Å². The molecule has 0 fully saturated rings. The number of sulfone groups is 1. The largest absolute Gasteiger partial charge is 0.224 e. The first-order valence-corrected chi connectivity index (χ1v) is 11.0. The van der Waals surface area contributed by atoms with Gasteiger partial charge in [-0.25, -0.2) is 21.6 Å². The Morgan fingerprint density at radius 2 is 1.54 bits per heavy atom. The minimum atomic E-state index is -3.51. The summed E-state index contributed by atoms with van der Waals surface area (Å²) in [5.74, 6) is -0.0918. The van der Waals surface area contributed by atoms with E-state index in [4.69, 9.17) is 0 Å². The first-order chi connectivity index (χ1) is 11.1. The molecule has 0 saturated carbocycles. The van der Waals surface area contributed by atoms with E-state index in [2.05, 4.69) is 4.72 Å². The Morgan fingerprint density at radius 1 is 0.958 bits per heavy atom. The van der Waals surface area contributed by atoms with E-state index >= 15 is 0 Å². The summed E-state index contributed by atoms with van der Waals surface area (Å²) in [5, 5.41) is 0. The second kappa shape index (κ2) is 7.04. The van der Waals surface area contributed by atoms with Crippen LogP contribution in [-0.4, -0.2) is 23.1 Å². The maximum Gasteiger partial charge on any atom is 0.216 e. The molecule has 24 heavy (non-hydrogen) atoms. The van der Waals surface area contributed by atoms with E-state index in [0.717, 1.165) is 17.4 Å². The molecule has 2 rings (SSSR count). The minimum Gasteiger partial charge on any atom is -0.224 e. The average Bonchev–Trinajstić information content (AvgIpc) is 2.48. The van der Waals surface area contributed by atoms with Gasteiger partial charge < -0.3 is 0 Å². The lowest BCUT2D eigenvalue weighted by atomic mass is 10.1. The third-order valence-corrected chi connectivity index (χ3v) is 6.30. The van der Waals surface area contributed by atoms with E-state index in [1.165, 1.54) is 12.1 Å². The summed E-state index contributed by atoms with van der Waals surface area (Å²) in [6.45, 7) is 3.60. The van der Waals surface area contributed by atoms with Crippen molar-refractivity contribution >= 4 is 19.9 Å². The Hall–Kier alpha value is -1.70. The smallest absolute Gasteiger partial charge is 0.216 e. The zero-order chi connectivity index (χ0) is 18.0. The van der Waals surface area contributed by atoms with Crippen molar-refractivity contribution in [2.75, 3.05) is 6.26 Å². The van der Waals surface area contributed by atoms with Crippen LogP contribution in [0.25, 0.3) is 0 Å². The molecule has 130 valence electrons. The van der Waals surface area contributed by atoms with Crippen molar-refractivity contribution in [2.24, 2.45) is 0 Å². The van der Waals surface area contributed by atoms with Gasteiger partial charge in [0.2, 0.25) is 10.0 Å². The summed E-state index contributed by atoms with van der Waals surface area (Å²) in [6.07, 6.45) is 1.14. The van der Waals surface area contributed by atoms with Crippen molar-refractivity contribution in [3.63, 3.8) is 0 Å². The summed E-state index contributed by atoms with van der Waals surface area (Å²) < 4.78 is 50.3. The Labute approximate surface area is 143 Å². The van der Waals surface area contributed by atoms with Crippen molar-refractivity contribution in [1.29, 1.82) is 0 Å². The topological polar surface area (TPSA) is 80.3 Å². The molecule has 1 atom stereocenters. The van der Waals surface area contributed by atoms with Crippen molar-refractivity contribution < 1.29 is 16.8 Å². The number of aryl methyl sites for hydroxylation is 1. The molecule has 1 N–H and O–H groups in total. The monoisotopic (exact) mass is 367 g/mol. The number of hydrogen-bond acceptors (Lipinski definition) is 4. The lowest BCUT2D eigenvalue weighted by molar-refractivity contribution is 0.565. The van der Waals surface area contributed by atoms with Crippen LogP contribution in [0.5, 0.6) is 0 Å². The zero-order valence-corrected chi connectivity index (χ0v) is 15.5. The molecular formula is C17H21NO4S2. The fourth-order valence-corrected chi connectivity index (χ4v) is 4.48. The van der Waals surface area contributed by atoms with E-state index in [0.29, 0.717) is 5.56 Å². The Bertz CT molecular complexity index is 917. The van der Waals surface area contributed by atoms with Crippen molar-refractivity contribution in [2.45, 2.75) is 30.5 Å². The third-order valence-electron chi connectivity index (χ3n) is 3.77. The lowest BCUT2D eigenvalue weighted by Gasteiger charge is -2.15. The Balaban J connectivity index is 2.13. The van der Waals surface area contributed by atoms with E-state index < -0.39 is 25.9 Å². The van der Waals surface area contributed by atoms with E-state index in [1.807, 2.05) is 25.1 Å². The standard InChI is InChI=1S/C17H21NO4S2/c1-13-6-4-5-7-16(13)12-24(21,22)18-14(2)15-8-10-17(11-9-15)23(3,19)20/h4-11,14,18H,12H2,1-3H3/t14-/m1/s1. The van der Waals surface area contributed by atoms with E-state index in [9.17, 15) is 16.8 Å². The highest BCUT2D eigenvalue weighted by Gasteiger charge is 2.18. The van der Waals surface area contributed by atoms with Gasteiger partial charge >= 0.3 is 0 Å². The average molecular weight is 367 g/mol. The number of sulfonamides is 1. The van der Waals surface area contributed by atoms with Gasteiger partial charge in [-0.05, 0) is 42.7 Å². The molecule has 2 aromatic carbocycles. The SMILES string of the molecule is Cc1ccccc1CS(=O)(=O)N[C@H](C)c1ccc(S(C)(=O)=O)cc1. The van der Waals surface area contributed by atoms with Crippen LogP contribution in [0.4, 0.5) is 0 Å². The molecular weight excluding hydrogens is 346 g/mol. The van der Waals surface area contributed by atoms with Crippen LogP contribution in [-0.2, 0) is 25.6 Å². The summed E-state index contributed by atoms with van der Waals surface area (Å²) in [6, 6.07) is 13.1. The molecule has 0 aliphatic carbocycles.